The highest BCUT2D eigenvalue weighted by molar-refractivity contribution is 9.10. The monoisotopic (exact) mass is 294 g/mol. The summed E-state index contributed by atoms with van der Waals surface area (Å²) < 4.78 is 25.4. The van der Waals surface area contributed by atoms with E-state index in [4.69, 9.17) is 16.9 Å². The molecule has 0 saturated heterocycles. The van der Waals surface area contributed by atoms with E-state index < -0.39 is 6.43 Å². The van der Waals surface area contributed by atoms with Crippen molar-refractivity contribution in [1.82, 2.24) is 4.98 Å². The van der Waals surface area contributed by atoms with Crippen molar-refractivity contribution in [2.24, 2.45) is 0 Å². The van der Waals surface area contributed by atoms with Crippen molar-refractivity contribution >= 4 is 27.5 Å². The molecule has 0 amide bonds. The first-order chi connectivity index (χ1) is 7.10. The molecule has 15 heavy (non-hydrogen) atoms. The molecule has 0 aliphatic rings. The largest absolute Gasteiger partial charge is 0.266 e. The molecule has 0 bridgehead atoms. The van der Waals surface area contributed by atoms with E-state index in [9.17, 15) is 8.78 Å². The molecule has 0 spiro atoms. The zero-order valence-electron chi connectivity index (χ0n) is 7.48. The molecule has 2 nitrogen and oxygen atoms in total. The molecule has 80 valence electrons. The van der Waals surface area contributed by atoms with Crippen LogP contribution in [-0.4, -0.2) is 4.98 Å². The molecule has 0 radical (unpaired) electrons. The molecule has 0 fully saturated rings. The van der Waals surface area contributed by atoms with Crippen LogP contribution < -0.4 is 0 Å². The van der Waals surface area contributed by atoms with Gasteiger partial charge < -0.3 is 0 Å². The minimum atomic E-state index is -2.63. The molecule has 0 atom stereocenters. The van der Waals surface area contributed by atoms with Gasteiger partial charge in [0, 0.05) is 4.47 Å². The van der Waals surface area contributed by atoms with Crippen molar-refractivity contribution in [3.63, 3.8) is 0 Å². The van der Waals surface area contributed by atoms with Crippen molar-refractivity contribution in [3.8, 4) is 6.07 Å². The fourth-order valence-electron chi connectivity index (χ4n) is 1.13. The number of aromatic nitrogens is 1. The molecule has 6 heteroatoms. The van der Waals surface area contributed by atoms with Crippen LogP contribution in [0.25, 0.3) is 0 Å². The number of nitrogens with zero attached hydrogens (tertiary/aromatic N) is 2. The molecule has 0 aliphatic heterocycles. The van der Waals surface area contributed by atoms with Gasteiger partial charge in [-0.3, -0.25) is 4.98 Å². The maximum atomic E-state index is 12.6. The van der Waals surface area contributed by atoms with Crippen LogP contribution in [0.5, 0.6) is 0 Å². The summed E-state index contributed by atoms with van der Waals surface area (Å²) in [6, 6.07) is 3.31. The molecule has 0 aromatic carbocycles. The third kappa shape index (κ3) is 2.86. The molecule has 0 unspecified atom stereocenters. The van der Waals surface area contributed by atoms with Crippen molar-refractivity contribution in [3.05, 3.63) is 27.5 Å². The van der Waals surface area contributed by atoms with Crippen molar-refractivity contribution in [1.29, 1.82) is 5.26 Å². The normalized spacial score (nSPS) is 10.4. The van der Waals surface area contributed by atoms with Crippen molar-refractivity contribution in [2.45, 2.75) is 18.7 Å². The van der Waals surface area contributed by atoms with Crippen molar-refractivity contribution < 1.29 is 8.78 Å². The molecule has 1 heterocycles. The first-order valence-electron chi connectivity index (χ1n) is 3.99. The lowest BCUT2D eigenvalue weighted by Crippen LogP contribution is -2.01. The van der Waals surface area contributed by atoms with Gasteiger partial charge in [0.05, 0.1) is 35.3 Å². The Morgan fingerprint density at radius 3 is 2.73 bits per heavy atom. The lowest BCUT2D eigenvalue weighted by Gasteiger charge is -2.09. The van der Waals surface area contributed by atoms with E-state index >= 15 is 0 Å². The van der Waals surface area contributed by atoms with E-state index in [1.807, 2.05) is 6.07 Å². The Balaban J connectivity index is 3.25. The Kier molecular flexibility index (Phi) is 4.43. The van der Waals surface area contributed by atoms with Crippen LogP contribution in [0, 0.1) is 11.3 Å². The zero-order chi connectivity index (χ0) is 11.4. The summed E-state index contributed by atoms with van der Waals surface area (Å²) in [6.45, 7) is 0. The molecule has 1 rings (SSSR count). The Hall–Kier alpha value is -0.730. The molecular weight excluding hydrogens is 289 g/mol. The Bertz CT molecular complexity index is 404. The maximum absolute atomic E-state index is 12.6. The van der Waals surface area contributed by atoms with Crippen LogP contribution in [0.4, 0.5) is 8.78 Å². The number of hydrogen-bond donors (Lipinski definition) is 0. The number of pyridine rings is 1. The Labute approximate surface area is 99.0 Å². The number of hydrogen-bond acceptors (Lipinski definition) is 2. The second-order valence-electron chi connectivity index (χ2n) is 2.73. The lowest BCUT2D eigenvalue weighted by molar-refractivity contribution is 0.149. The average molecular weight is 296 g/mol. The van der Waals surface area contributed by atoms with E-state index in [1.54, 1.807) is 0 Å². The highest BCUT2D eigenvalue weighted by Gasteiger charge is 2.18. The topological polar surface area (TPSA) is 36.7 Å². The van der Waals surface area contributed by atoms with Gasteiger partial charge in [0.2, 0.25) is 0 Å². The van der Waals surface area contributed by atoms with E-state index in [2.05, 4.69) is 20.9 Å². The second kappa shape index (κ2) is 5.38. The van der Waals surface area contributed by atoms with E-state index in [1.165, 1.54) is 6.07 Å². The first-order valence-corrected chi connectivity index (χ1v) is 5.32. The maximum Gasteiger partial charge on any atom is 0.266 e. The fourth-order valence-corrected chi connectivity index (χ4v) is 2.00. The van der Waals surface area contributed by atoms with Gasteiger partial charge in [0.25, 0.3) is 6.43 Å². The summed E-state index contributed by atoms with van der Waals surface area (Å²) in [4.78, 5) is 3.90. The summed E-state index contributed by atoms with van der Waals surface area (Å²) in [6.07, 6.45) is -2.55. The summed E-state index contributed by atoms with van der Waals surface area (Å²) in [5.74, 6) is -0.0997. The second-order valence-corrected chi connectivity index (χ2v) is 3.85. The van der Waals surface area contributed by atoms with Gasteiger partial charge in [-0.25, -0.2) is 8.78 Å². The van der Waals surface area contributed by atoms with E-state index in [-0.39, 0.29) is 28.0 Å². The third-order valence-corrected chi connectivity index (χ3v) is 2.65. The summed E-state index contributed by atoms with van der Waals surface area (Å²) in [5.41, 5.74) is 0.349. The smallest absolute Gasteiger partial charge is 0.255 e. The highest BCUT2D eigenvalue weighted by atomic mass is 79.9. The van der Waals surface area contributed by atoms with Crippen molar-refractivity contribution in [2.75, 3.05) is 0 Å². The van der Waals surface area contributed by atoms with Gasteiger partial charge in [0.1, 0.15) is 0 Å². The lowest BCUT2D eigenvalue weighted by atomic mass is 10.1. The van der Waals surface area contributed by atoms with Crippen LogP contribution in [0.1, 0.15) is 23.4 Å². The highest BCUT2D eigenvalue weighted by Crippen LogP contribution is 2.31. The van der Waals surface area contributed by atoms with Crippen LogP contribution in [0.2, 0.25) is 0 Å². The van der Waals surface area contributed by atoms with Crippen LogP contribution in [0.15, 0.2) is 10.5 Å². The third-order valence-electron chi connectivity index (χ3n) is 1.75. The summed E-state index contributed by atoms with van der Waals surface area (Å²) in [7, 11) is 0. The minimum Gasteiger partial charge on any atom is -0.255 e. The molecule has 0 N–H and O–H groups in total. The molecule has 1 aromatic heterocycles. The standard InChI is InChI=1S/C9H6BrClF2N2/c10-6-3-5(1-2-14)15-7(4-11)8(6)9(12)13/h3,9H,1,4H2. The predicted octanol–water partition coefficient (Wildman–Crippen LogP) is 3.59. The zero-order valence-corrected chi connectivity index (χ0v) is 9.82. The van der Waals surface area contributed by atoms with Gasteiger partial charge in [-0.15, -0.1) is 11.6 Å². The van der Waals surface area contributed by atoms with E-state index in [0.29, 0.717) is 5.69 Å². The Morgan fingerprint density at radius 1 is 1.60 bits per heavy atom. The predicted molar refractivity (Wildman–Crippen MR) is 55.8 cm³/mol. The molecule has 1 aromatic rings. The number of alkyl halides is 3. The van der Waals surface area contributed by atoms with Gasteiger partial charge in [0.15, 0.2) is 0 Å². The summed E-state index contributed by atoms with van der Waals surface area (Å²) >= 11 is 8.54. The molecular formula is C9H6BrClF2N2. The fraction of sp³-hybridized carbons (Fsp3) is 0.333. The van der Waals surface area contributed by atoms with Crippen LogP contribution >= 0.6 is 27.5 Å². The van der Waals surface area contributed by atoms with Gasteiger partial charge in [-0.2, -0.15) is 5.26 Å². The Morgan fingerprint density at radius 2 is 2.27 bits per heavy atom. The van der Waals surface area contributed by atoms with Gasteiger partial charge >= 0.3 is 0 Å². The van der Waals surface area contributed by atoms with Gasteiger partial charge in [-0.1, -0.05) is 15.9 Å². The SMILES string of the molecule is N#CCc1cc(Br)c(C(F)F)c(CCl)n1. The summed E-state index contributed by atoms with van der Waals surface area (Å²) in [5, 5.41) is 8.47. The quantitative estimate of drug-likeness (QED) is 0.799. The number of halogens is 4. The van der Waals surface area contributed by atoms with Crippen LogP contribution in [-0.2, 0) is 12.3 Å². The van der Waals surface area contributed by atoms with Gasteiger partial charge in [-0.05, 0) is 6.07 Å². The first kappa shape index (κ1) is 12.3. The number of rotatable bonds is 3. The van der Waals surface area contributed by atoms with Crippen LogP contribution in [0.3, 0.4) is 0 Å². The molecule has 0 saturated carbocycles. The van der Waals surface area contributed by atoms with E-state index in [0.717, 1.165) is 0 Å². The minimum absolute atomic E-state index is 0.0754. The average Bonchev–Trinajstić information content (AvgIpc) is 2.16. The number of nitriles is 1. The molecule has 0 aliphatic carbocycles.